The van der Waals surface area contributed by atoms with Crippen LogP contribution in [0.1, 0.15) is 30.7 Å². The Hall–Kier alpha value is -2.37. The summed E-state index contributed by atoms with van der Waals surface area (Å²) in [4.78, 5) is 18.5. The Morgan fingerprint density at radius 2 is 2.17 bits per heavy atom. The molecule has 2 aromatic rings. The molecule has 6 heteroatoms. The van der Waals surface area contributed by atoms with Crippen LogP contribution >= 0.6 is 0 Å². The van der Waals surface area contributed by atoms with Crippen molar-refractivity contribution >= 4 is 6.03 Å². The number of hydrogen-bond acceptors (Lipinski definition) is 3. The van der Waals surface area contributed by atoms with Gasteiger partial charge in [-0.2, -0.15) is 5.10 Å². The van der Waals surface area contributed by atoms with E-state index in [0.717, 1.165) is 16.8 Å². The van der Waals surface area contributed by atoms with E-state index in [-0.39, 0.29) is 6.03 Å². The first-order valence-electron chi connectivity index (χ1n) is 7.86. The van der Waals surface area contributed by atoms with E-state index in [1.807, 2.05) is 37.2 Å². The molecule has 0 aromatic carbocycles. The number of urea groups is 1. The summed E-state index contributed by atoms with van der Waals surface area (Å²) in [6, 6.07) is 3.84. The van der Waals surface area contributed by atoms with E-state index in [4.69, 9.17) is 0 Å². The molecule has 2 heterocycles. The average molecular weight is 315 g/mol. The predicted octanol–water partition coefficient (Wildman–Crippen LogP) is 2.49. The first-order valence-corrected chi connectivity index (χ1v) is 7.86. The van der Waals surface area contributed by atoms with Crippen LogP contribution in [0, 0.1) is 12.8 Å². The number of hydrogen-bond donors (Lipinski definition) is 1. The van der Waals surface area contributed by atoms with Gasteiger partial charge in [0.25, 0.3) is 0 Å². The summed E-state index contributed by atoms with van der Waals surface area (Å²) in [6.45, 7) is 7.93. The van der Waals surface area contributed by atoms with Gasteiger partial charge in [0.05, 0.1) is 12.7 Å². The maximum atomic E-state index is 12.5. The minimum Gasteiger partial charge on any atom is -0.334 e. The number of nitrogens with one attached hydrogen (secondary N) is 1. The monoisotopic (exact) mass is 315 g/mol. The van der Waals surface area contributed by atoms with Gasteiger partial charge in [0.15, 0.2) is 0 Å². The van der Waals surface area contributed by atoms with Crippen LogP contribution in [0.3, 0.4) is 0 Å². The smallest absolute Gasteiger partial charge is 0.317 e. The summed E-state index contributed by atoms with van der Waals surface area (Å²) in [6.07, 6.45) is 5.50. The van der Waals surface area contributed by atoms with Gasteiger partial charge in [0, 0.05) is 43.8 Å². The Bertz CT molecular complexity index is 650. The number of carbonyl (C=O) groups excluding carboxylic acids is 1. The van der Waals surface area contributed by atoms with Gasteiger partial charge < -0.3 is 10.2 Å². The highest BCUT2D eigenvalue weighted by Crippen LogP contribution is 2.08. The summed E-state index contributed by atoms with van der Waals surface area (Å²) in [5, 5.41) is 7.15. The SMILES string of the molecule is Cc1cc(CNC(=O)N(Cc2cnn(C)c2)CC(C)C)ccn1. The largest absolute Gasteiger partial charge is 0.334 e. The maximum absolute atomic E-state index is 12.5. The third-order valence-corrected chi connectivity index (χ3v) is 3.41. The molecule has 0 fully saturated rings. The fraction of sp³-hybridized carbons (Fsp3) is 0.471. The molecule has 0 aliphatic carbocycles. The Morgan fingerprint density at radius 1 is 1.39 bits per heavy atom. The number of pyridine rings is 1. The number of aryl methyl sites for hydroxylation is 2. The molecule has 0 radical (unpaired) electrons. The second-order valence-electron chi connectivity index (χ2n) is 6.26. The van der Waals surface area contributed by atoms with Crippen molar-refractivity contribution in [1.29, 1.82) is 0 Å². The molecule has 0 saturated heterocycles. The zero-order chi connectivity index (χ0) is 16.8. The molecule has 23 heavy (non-hydrogen) atoms. The molecule has 124 valence electrons. The van der Waals surface area contributed by atoms with Crippen LogP contribution in [0.4, 0.5) is 4.79 Å². The number of aromatic nitrogens is 3. The van der Waals surface area contributed by atoms with E-state index in [1.165, 1.54) is 0 Å². The number of amides is 2. The van der Waals surface area contributed by atoms with Crippen LogP contribution in [0.15, 0.2) is 30.7 Å². The summed E-state index contributed by atoms with van der Waals surface area (Å²) < 4.78 is 1.75. The van der Waals surface area contributed by atoms with E-state index >= 15 is 0 Å². The molecule has 0 bridgehead atoms. The van der Waals surface area contributed by atoms with E-state index in [9.17, 15) is 4.79 Å². The van der Waals surface area contributed by atoms with E-state index in [1.54, 1.807) is 17.1 Å². The van der Waals surface area contributed by atoms with E-state index < -0.39 is 0 Å². The second-order valence-corrected chi connectivity index (χ2v) is 6.26. The molecule has 2 rings (SSSR count). The minimum atomic E-state index is -0.0583. The van der Waals surface area contributed by atoms with Crippen molar-refractivity contribution in [2.45, 2.75) is 33.9 Å². The molecule has 2 amide bonds. The third-order valence-electron chi connectivity index (χ3n) is 3.41. The molecule has 6 nitrogen and oxygen atoms in total. The van der Waals surface area contributed by atoms with Gasteiger partial charge in [0.2, 0.25) is 0 Å². The second kappa shape index (κ2) is 7.76. The van der Waals surface area contributed by atoms with Crippen LogP contribution in [0.2, 0.25) is 0 Å². The van der Waals surface area contributed by atoms with Crippen LogP contribution < -0.4 is 5.32 Å². The fourth-order valence-electron chi connectivity index (χ4n) is 2.44. The lowest BCUT2D eigenvalue weighted by Crippen LogP contribution is -2.41. The van der Waals surface area contributed by atoms with E-state index in [0.29, 0.717) is 25.6 Å². The third kappa shape index (κ3) is 5.39. The van der Waals surface area contributed by atoms with Crippen LogP contribution in [-0.4, -0.2) is 32.2 Å². The highest BCUT2D eigenvalue weighted by molar-refractivity contribution is 5.74. The normalized spacial score (nSPS) is 10.8. The number of nitrogens with zero attached hydrogens (tertiary/aromatic N) is 4. The van der Waals surface area contributed by atoms with Crippen molar-refractivity contribution < 1.29 is 4.79 Å². The molecular weight excluding hydrogens is 290 g/mol. The Labute approximate surface area is 137 Å². The van der Waals surface area contributed by atoms with Gasteiger partial charge in [-0.25, -0.2) is 4.79 Å². The summed E-state index contributed by atoms with van der Waals surface area (Å²) in [5.41, 5.74) is 3.03. The molecule has 0 spiro atoms. The predicted molar refractivity (Wildman–Crippen MR) is 89.7 cm³/mol. The summed E-state index contributed by atoms with van der Waals surface area (Å²) in [7, 11) is 1.88. The molecule has 1 N–H and O–H groups in total. The summed E-state index contributed by atoms with van der Waals surface area (Å²) in [5.74, 6) is 0.403. The molecule has 0 saturated carbocycles. The quantitative estimate of drug-likeness (QED) is 0.891. The summed E-state index contributed by atoms with van der Waals surface area (Å²) >= 11 is 0. The fourth-order valence-corrected chi connectivity index (χ4v) is 2.44. The Morgan fingerprint density at radius 3 is 2.78 bits per heavy atom. The van der Waals surface area contributed by atoms with Gasteiger partial charge >= 0.3 is 6.03 Å². The zero-order valence-electron chi connectivity index (χ0n) is 14.3. The average Bonchev–Trinajstić information content (AvgIpc) is 2.89. The molecule has 0 aliphatic heterocycles. The number of carbonyl (C=O) groups is 1. The first kappa shape index (κ1) is 17.0. The Kier molecular flexibility index (Phi) is 5.73. The van der Waals surface area contributed by atoms with Gasteiger partial charge in [-0.05, 0) is 30.5 Å². The molecule has 0 unspecified atom stereocenters. The van der Waals surface area contributed by atoms with E-state index in [2.05, 4.69) is 29.2 Å². The lowest BCUT2D eigenvalue weighted by molar-refractivity contribution is 0.187. The standard InChI is InChI=1S/C17H25N5O/c1-13(2)10-22(12-16-9-20-21(4)11-16)17(23)19-8-15-5-6-18-14(3)7-15/h5-7,9,11,13H,8,10,12H2,1-4H3,(H,19,23). The van der Waals surface area contributed by atoms with Crippen molar-refractivity contribution in [1.82, 2.24) is 25.0 Å². The van der Waals surface area contributed by atoms with Crippen molar-refractivity contribution in [3.8, 4) is 0 Å². The minimum absolute atomic E-state index is 0.0583. The first-order chi connectivity index (χ1) is 10.9. The highest BCUT2D eigenvalue weighted by Gasteiger charge is 2.16. The maximum Gasteiger partial charge on any atom is 0.317 e. The van der Waals surface area contributed by atoms with Crippen LogP contribution in [-0.2, 0) is 20.1 Å². The zero-order valence-corrected chi connectivity index (χ0v) is 14.3. The van der Waals surface area contributed by atoms with Crippen LogP contribution in [0.5, 0.6) is 0 Å². The van der Waals surface area contributed by atoms with Crippen molar-refractivity contribution in [3.63, 3.8) is 0 Å². The van der Waals surface area contributed by atoms with Crippen molar-refractivity contribution in [2.75, 3.05) is 6.54 Å². The molecule has 0 atom stereocenters. The van der Waals surface area contributed by atoms with Gasteiger partial charge in [-0.3, -0.25) is 9.67 Å². The van der Waals surface area contributed by atoms with Crippen molar-refractivity contribution in [3.05, 3.63) is 47.5 Å². The van der Waals surface area contributed by atoms with Gasteiger partial charge in [-0.15, -0.1) is 0 Å². The number of rotatable bonds is 6. The lowest BCUT2D eigenvalue weighted by Gasteiger charge is -2.24. The lowest BCUT2D eigenvalue weighted by atomic mass is 10.2. The molecular formula is C17H25N5O. The van der Waals surface area contributed by atoms with Crippen molar-refractivity contribution in [2.24, 2.45) is 13.0 Å². The highest BCUT2D eigenvalue weighted by atomic mass is 16.2. The molecule has 2 aromatic heterocycles. The van der Waals surface area contributed by atoms with Gasteiger partial charge in [-0.1, -0.05) is 13.8 Å². The van der Waals surface area contributed by atoms with Crippen LogP contribution in [0.25, 0.3) is 0 Å². The Balaban J connectivity index is 1.98. The topological polar surface area (TPSA) is 63.1 Å². The molecule has 0 aliphatic rings. The van der Waals surface area contributed by atoms with Gasteiger partial charge in [0.1, 0.15) is 0 Å².